The molecule has 0 spiro atoms. The van der Waals surface area contributed by atoms with E-state index < -0.39 is 0 Å². The Kier molecular flexibility index (Phi) is 6.08. The van der Waals surface area contributed by atoms with E-state index >= 15 is 0 Å². The number of alkyl halides is 1. The summed E-state index contributed by atoms with van der Waals surface area (Å²) in [4.78, 5) is 12.1. The average Bonchev–Trinajstić information content (AvgIpc) is 2.56. The first-order valence-electron chi connectivity index (χ1n) is 7.46. The molecule has 0 aliphatic heterocycles. The zero-order valence-corrected chi connectivity index (χ0v) is 13.7. The summed E-state index contributed by atoms with van der Waals surface area (Å²) >= 11 is 5.60. The van der Waals surface area contributed by atoms with E-state index in [9.17, 15) is 4.79 Å². The van der Waals surface area contributed by atoms with Crippen LogP contribution < -0.4 is 4.74 Å². The Morgan fingerprint density at radius 1 is 1.14 bits per heavy atom. The second-order valence-corrected chi connectivity index (χ2v) is 5.64. The van der Waals surface area contributed by atoms with Crippen LogP contribution in [0.15, 0.2) is 36.4 Å². The van der Waals surface area contributed by atoms with E-state index in [1.54, 1.807) is 7.11 Å². The van der Waals surface area contributed by atoms with Crippen molar-refractivity contribution in [2.24, 2.45) is 0 Å². The second-order valence-electron chi connectivity index (χ2n) is 5.26. The third-order valence-electron chi connectivity index (χ3n) is 3.70. The van der Waals surface area contributed by atoms with Gasteiger partial charge in [0.15, 0.2) is 0 Å². The van der Waals surface area contributed by atoms with Gasteiger partial charge in [0.1, 0.15) is 5.75 Å². The first kappa shape index (κ1) is 16.6. The molecular formula is C18H21ClO3. The third-order valence-corrected chi connectivity index (χ3v) is 3.96. The molecule has 22 heavy (non-hydrogen) atoms. The number of rotatable bonds is 7. The summed E-state index contributed by atoms with van der Waals surface area (Å²) in [6.07, 6.45) is 1.67. The zero-order chi connectivity index (χ0) is 15.9. The van der Waals surface area contributed by atoms with Crippen molar-refractivity contribution in [3.05, 3.63) is 42.0 Å². The zero-order valence-electron chi connectivity index (χ0n) is 13.0. The Bertz CT molecular complexity index is 639. The number of carbonyl (C=O) groups is 1. The van der Waals surface area contributed by atoms with E-state index in [1.807, 2.05) is 43.3 Å². The summed E-state index contributed by atoms with van der Waals surface area (Å²) in [6, 6.07) is 11.9. The number of hydrogen-bond donors (Lipinski definition) is 0. The molecule has 0 radical (unpaired) electrons. The molecule has 0 bridgehead atoms. The van der Waals surface area contributed by atoms with Gasteiger partial charge in [0, 0.05) is 5.88 Å². The van der Waals surface area contributed by atoms with E-state index in [0.29, 0.717) is 12.5 Å². The standard InChI is InChI=1S/C18H21ClO3/c1-13(18(20)22-10-4-3-9-19)14-5-6-16-12-17(21-2)8-7-15(16)11-14/h5-8,11-13H,3-4,9-10H2,1-2H3/t13-/m1/s1. The maximum absolute atomic E-state index is 12.1. The number of esters is 1. The van der Waals surface area contributed by atoms with E-state index in [0.717, 1.165) is 34.9 Å². The lowest BCUT2D eigenvalue weighted by Gasteiger charge is -2.13. The van der Waals surface area contributed by atoms with Crippen LogP contribution in [-0.4, -0.2) is 25.6 Å². The van der Waals surface area contributed by atoms with Crippen molar-refractivity contribution in [3.8, 4) is 5.75 Å². The largest absolute Gasteiger partial charge is 0.497 e. The van der Waals surface area contributed by atoms with Crippen LogP contribution in [0, 0.1) is 0 Å². The maximum atomic E-state index is 12.1. The number of fused-ring (bicyclic) bond motifs is 1. The number of carbonyl (C=O) groups excluding carboxylic acids is 1. The van der Waals surface area contributed by atoms with Gasteiger partial charge in [0.2, 0.25) is 0 Å². The first-order chi connectivity index (χ1) is 10.7. The van der Waals surface area contributed by atoms with E-state index in [-0.39, 0.29) is 11.9 Å². The Balaban J connectivity index is 2.07. The molecule has 2 rings (SSSR count). The van der Waals surface area contributed by atoms with E-state index in [4.69, 9.17) is 21.1 Å². The Morgan fingerprint density at radius 2 is 1.86 bits per heavy atom. The van der Waals surface area contributed by atoms with Gasteiger partial charge in [0.05, 0.1) is 19.6 Å². The molecule has 118 valence electrons. The summed E-state index contributed by atoms with van der Waals surface area (Å²) in [5.74, 6) is 0.957. The van der Waals surface area contributed by atoms with Gasteiger partial charge < -0.3 is 9.47 Å². The Hall–Kier alpha value is -1.74. The second kappa shape index (κ2) is 8.04. The number of unbranched alkanes of at least 4 members (excludes halogenated alkanes) is 1. The number of benzene rings is 2. The van der Waals surface area contributed by atoms with Gasteiger partial charge in [-0.1, -0.05) is 24.3 Å². The Morgan fingerprint density at radius 3 is 2.59 bits per heavy atom. The van der Waals surface area contributed by atoms with Crippen LogP contribution in [0.4, 0.5) is 0 Å². The fourth-order valence-corrected chi connectivity index (χ4v) is 2.46. The molecule has 0 aromatic heterocycles. The van der Waals surface area contributed by atoms with Gasteiger partial charge in [-0.3, -0.25) is 4.79 Å². The highest BCUT2D eigenvalue weighted by atomic mass is 35.5. The van der Waals surface area contributed by atoms with Crippen molar-refractivity contribution in [1.82, 2.24) is 0 Å². The minimum Gasteiger partial charge on any atom is -0.497 e. The molecule has 2 aromatic carbocycles. The molecule has 0 unspecified atom stereocenters. The molecule has 4 heteroatoms. The lowest BCUT2D eigenvalue weighted by atomic mass is 9.98. The van der Waals surface area contributed by atoms with Crippen molar-refractivity contribution in [3.63, 3.8) is 0 Å². The normalized spacial score (nSPS) is 12.1. The number of ether oxygens (including phenoxy) is 2. The first-order valence-corrected chi connectivity index (χ1v) is 7.99. The highest BCUT2D eigenvalue weighted by Gasteiger charge is 2.17. The molecule has 0 aliphatic carbocycles. The van der Waals surface area contributed by atoms with Crippen molar-refractivity contribution in [2.75, 3.05) is 19.6 Å². The minimum atomic E-state index is -0.275. The molecule has 0 heterocycles. The molecule has 0 aliphatic rings. The molecule has 0 N–H and O–H groups in total. The summed E-state index contributed by atoms with van der Waals surface area (Å²) in [6.45, 7) is 2.30. The predicted octanol–water partition coefficient (Wildman–Crippen LogP) is 4.51. The van der Waals surface area contributed by atoms with Gasteiger partial charge in [-0.2, -0.15) is 0 Å². The average molecular weight is 321 g/mol. The number of methoxy groups -OCH3 is 1. The molecular weight excluding hydrogens is 300 g/mol. The number of hydrogen-bond acceptors (Lipinski definition) is 3. The van der Waals surface area contributed by atoms with Crippen molar-refractivity contribution in [2.45, 2.75) is 25.7 Å². The summed E-state index contributed by atoms with van der Waals surface area (Å²) < 4.78 is 10.5. The fraction of sp³-hybridized carbons (Fsp3) is 0.389. The van der Waals surface area contributed by atoms with Gasteiger partial charge in [0.25, 0.3) is 0 Å². The van der Waals surface area contributed by atoms with Crippen LogP contribution in [0.3, 0.4) is 0 Å². The van der Waals surface area contributed by atoms with Gasteiger partial charge in [-0.25, -0.2) is 0 Å². The fourth-order valence-electron chi connectivity index (χ4n) is 2.27. The van der Waals surface area contributed by atoms with Gasteiger partial charge >= 0.3 is 5.97 Å². The van der Waals surface area contributed by atoms with Crippen LogP contribution in [0.5, 0.6) is 5.75 Å². The maximum Gasteiger partial charge on any atom is 0.313 e. The van der Waals surface area contributed by atoms with Gasteiger partial charge in [-0.05, 0) is 48.2 Å². The monoisotopic (exact) mass is 320 g/mol. The van der Waals surface area contributed by atoms with Crippen molar-refractivity contribution >= 4 is 28.3 Å². The minimum absolute atomic E-state index is 0.192. The number of halogens is 1. The molecule has 1 atom stereocenters. The SMILES string of the molecule is COc1ccc2cc([C@@H](C)C(=O)OCCCCCl)ccc2c1. The van der Waals surface area contributed by atoms with Crippen LogP contribution in [0.2, 0.25) is 0 Å². The molecule has 0 saturated carbocycles. The van der Waals surface area contributed by atoms with E-state index in [1.165, 1.54) is 0 Å². The molecule has 2 aromatic rings. The Labute approximate surface area is 136 Å². The van der Waals surface area contributed by atoms with Crippen LogP contribution in [0.25, 0.3) is 10.8 Å². The van der Waals surface area contributed by atoms with Crippen molar-refractivity contribution in [1.29, 1.82) is 0 Å². The summed E-state index contributed by atoms with van der Waals surface area (Å²) in [7, 11) is 1.65. The summed E-state index contributed by atoms with van der Waals surface area (Å²) in [5.41, 5.74) is 0.958. The predicted molar refractivity (Wildman–Crippen MR) is 89.8 cm³/mol. The lowest BCUT2D eigenvalue weighted by Crippen LogP contribution is -2.14. The molecule has 0 saturated heterocycles. The highest BCUT2D eigenvalue weighted by molar-refractivity contribution is 6.17. The quantitative estimate of drug-likeness (QED) is 0.427. The highest BCUT2D eigenvalue weighted by Crippen LogP contribution is 2.25. The van der Waals surface area contributed by atoms with Gasteiger partial charge in [-0.15, -0.1) is 11.6 Å². The smallest absolute Gasteiger partial charge is 0.313 e. The summed E-state index contributed by atoms with van der Waals surface area (Å²) in [5, 5.41) is 2.17. The van der Waals surface area contributed by atoms with Crippen LogP contribution in [0.1, 0.15) is 31.2 Å². The molecule has 0 amide bonds. The third kappa shape index (κ3) is 4.14. The van der Waals surface area contributed by atoms with Crippen molar-refractivity contribution < 1.29 is 14.3 Å². The van der Waals surface area contributed by atoms with Crippen LogP contribution >= 0.6 is 11.6 Å². The topological polar surface area (TPSA) is 35.5 Å². The van der Waals surface area contributed by atoms with E-state index in [2.05, 4.69) is 0 Å². The molecule has 0 fully saturated rings. The molecule has 3 nitrogen and oxygen atoms in total. The van der Waals surface area contributed by atoms with Crippen LogP contribution in [-0.2, 0) is 9.53 Å². The lowest BCUT2D eigenvalue weighted by molar-refractivity contribution is -0.145.